The van der Waals surface area contributed by atoms with Gasteiger partial charge in [0.25, 0.3) is 0 Å². The zero-order valence-corrected chi connectivity index (χ0v) is 9.67. The standard InChI is InChI=1S/C9H18OS2/c1-9(2,3)7(10)8-11-5-4-6-12-8/h7-8,10H,4-6H2,1-3H3. The molecule has 0 amide bonds. The first-order chi connectivity index (χ1) is 5.52. The van der Waals surface area contributed by atoms with Crippen molar-refractivity contribution in [3.05, 3.63) is 0 Å². The fraction of sp³-hybridized carbons (Fsp3) is 1.00. The first-order valence-corrected chi connectivity index (χ1v) is 6.53. The Kier molecular flexibility index (Phi) is 3.80. The van der Waals surface area contributed by atoms with Gasteiger partial charge in [0.1, 0.15) is 0 Å². The Bertz CT molecular complexity index is 136. The Morgan fingerprint density at radius 3 is 2.17 bits per heavy atom. The SMILES string of the molecule is CC(C)(C)C(O)C1SCCCS1. The van der Waals surface area contributed by atoms with Gasteiger partial charge >= 0.3 is 0 Å². The molecule has 1 atom stereocenters. The molecule has 0 saturated carbocycles. The predicted octanol–water partition coefficient (Wildman–Crippen LogP) is 2.59. The molecule has 1 aliphatic rings. The van der Waals surface area contributed by atoms with E-state index in [1.54, 1.807) is 0 Å². The third-order valence-corrected chi connectivity index (χ3v) is 5.04. The van der Waals surface area contributed by atoms with Gasteiger partial charge in [-0.25, -0.2) is 0 Å². The van der Waals surface area contributed by atoms with Gasteiger partial charge in [-0.1, -0.05) is 20.8 Å². The maximum Gasteiger partial charge on any atom is 0.0798 e. The topological polar surface area (TPSA) is 20.2 Å². The van der Waals surface area contributed by atoms with Gasteiger partial charge in [-0.3, -0.25) is 0 Å². The molecule has 0 spiro atoms. The van der Waals surface area contributed by atoms with Crippen LogP contribution in [0.4, 0.5) is 0 Å². The molecule has 1 saturated heterocycles. The van der Waals surface area contributed by atoms with E-state index in [2.05, 4.69) is 20.8 Å². The highest BCUT2D eigenvalue weighted by Gasteiger charge is 2.32. The number of rotatable bonds is 1. The fourth-order valence-electron chi connectivity index (χ4n) is 1.10. The van der Waals surface area contributed by atoms with Crippen molar-refractivity contribution >= 4 is 23.5 Å². The second-order valence-corrected chi connectivity index (χ2v) is 7.07. The van der Waals surface area contributed by atoms with Crippen LogP contribution in [0, 0.1) is 5.41 Å². The first-order valence-electron chi connectivity index (χ1n) is 4.43. The van der Waals surface area contributed by atoms with Crippen LogP contribution in [0.5, 0.6) is 0 Å². The van der Waals surface area contributed by atoms with Crippen molar-refractivity contribution in [1.82, 2.24) is 0 Å². The summed E-state index contributed by atoms with van der Waals surface area (Å²) in [5, 5.41) is 9.97. The van der Waals surface area contributed by atoms with Gasteiger partial charge in [-0.2, -0.15) is 0 Å². The van der Waals surface area contributed by atoms with Crippen LogP contribution in [0.3, 0.4) is 0 Å². The van der Waals surface area contributed by atoms with E-state index in [0.717, 1.165) is 0 Å². The molecule has 3 heteroatoms. The summed E-state index contributed by atoms with van der Waals surface area (Å²) in [5.74, 6) is 2.43. The van der Waals surface area contributed by atoms with E-state index in [1.165, 1.54) is 17.9 Å². The summed E-state index contributed by atoms with van der Waals surface area (Å²) in [7, 11) is 0. The highest BCUT2D eigenvalue weighted by molar-refractivity contribution is 8.17. The van der Waals surface area contributed by atoms with Crippen LogP contribution < -0.4 is 0 Å². The van der Waals surface area contributed by atoms with Crippen LogP contribution in [-0.4, -0.2) is 27.3 Å². The Balaban J connectivity index is 2.45. The number of aliphatic hydroxyl groups is 1. The van der Waals surface area contributed by atoms with Crippen LogP contribution in [0.15, 0.2) is 0 Å². The highest BCUT2D eigenvalue weighted by Crippen LogP contribution is 2.38. The van der Waals surface area contributed by atoms with Crippen molar-refractivity contribution in [3.8, 4) is 0 Å². The third kappa shape index (κ3) is 2.86. The number of thioether (sulfide) groups is 2. The lowest BCUT2D eigenvalue weighted by atomic mass is 9.90. The van der Waals surface area contributed by atoms with Gasteiger partial charge in [0.05, 0.1) is 10.7 Å². The minimum Gasteiger partial charge on any atom is -0.391 e. The number of hydrogen-bond donors (Lipinski definition) is 1. The second-order valence-electron chi connectivity index (χ2n) is 4.27. The monoisotopic (exact) mass is 206 g/mol. The van der Waals surface area contributed by atoms with Crippen LogP contribution in [0.2, 0.25) is 0 Å². The zero-order chi connectivity index (χ0) is 9.19. The van der Waals surface area contributed by atoms with Crippen molar-refractivity contribution in [2.45, 2.75) is 37.9 Å². The Morgan fingerprint density at radius 2 is 1.75 bits per heavy atom. The molecular formula is C9H18OS2. The quantitative estimate of drug-likeness (QED) is 0.712. The first kappa shape index (κ1) is 10.7. The van der Waals surface area contributed by atoms with Crippen LogP contribution in [0.1, 0.15) is 27.2 Å². The number of hydrogen-bond acceptors (Lipinski definition) is 3. The van der Waals surface area contributed by atoms with E-state index >= 15 is 0 Å². The fourth-order valence-corrected chi connectivity index (χ4v) is 4.51. The van der Waals surface area contributed by atoms with E-state index in [4.69, 9.17) is 0 Å². The minimum atomic E-state index is -0.173. The molecule has 0 bridgehead atoms. The smallest absolute Gasteiger partial charge is 0.0798 e. The average Bonchev–Trinajstić information content (AvgIpc) is 2.03. The summed E-state index contributed by atoms with van der Waals surface area (Å²) < 4.78 is 0.402. The summed E-state index contributed by atoms with van der Waals surface area (Å²) >= 11 is 3.82. The summed E-state index contributed by atoms with van der Waals surface area (Å²) in [4.78, 5) is 0. The molecular weight excluding hydrogens is 188 g/mol. The summed E-state index contributed by atoms with van der Waals surface area (Å²) in [5.41, 5.74) is 0.0298. The normalized spacial score (nSPS) is 24.0. The maximum absolute atomic E-state index is 9.97. The van der Waals surface area contributed by atoms with E-state index < -0.39 is 0 Å². The van der Waals surface area contributed by atoms with E-state index in [9.17, 15) is 5.11 Å². The van der Waals surface area contributed by atoms with Crippen LogP contribution in [-0.2, 0) is 0 Å². The molecule has 12 heavy (non-hydrogen) atoms. The Labute approximate surface area is 83.7 Å². The second kappa shape index (κ2) is 4.25. The molecule has 0 aliphatic carbocycles. The molecule has 1 nitrogen and oxygen atoms in total. The van der Waals surface area contributed by atoms with Gasteiger partial charge in [-0.05, 0) is 23.3 Å². The molecule has 1 unspecified atom stereocenters. The summed E-state index contributed by atoms with van der Waals surface area (Å²) in [6.07, 6.45) is 1.12. The van der Waals surface area contributed by atoms with E-state index in [0.29, 0.717) is 4.58 Å². The molecule has 0 aromatic heterocycles. The molecule has 1 fully saturated rings. The van der Waals surface area contributed by atoms with Crippen LogP contribution >= 0.6 is 23.5 Å². The summed E-state index contributed by atoms with van der Waals surface area (Å²) in [6.45, 7) is 6.31. The molecule has 1 rings (SSSR count). The molecule has 0 radical (unpaired) electrons. The third-order valence-electron chi connectivity index (χ3n) is 2.00. The molecule has 72 valence electrons. The van der Waals surface area contributed by atoms with Gasteiger partial charge in [0.15, 0.2) is 0 Å². The lowest BCUT2D eigenvalue weighted by Crippen LogP contribution is -2.35. The molecule has 1 N–H and O–H groups in total. The van der Waals surface area contributed by atoms with E-state index in [1.807, 2.05) is 23.5 Å². The molecule has 0 aromatic carbocycles. The molecule has 1 heterocycles. The molecule has 1 aliphatic heterocycles. The minimum absolute atomic E-state index is 0.0298. The van der Waals surface area contributed by atoms with Gasteiger partial charge < -0.3 is 5.11 Å². The Hall–Kier alpha value is 0.660. The largest absolute Gasteiger partial charge is 0.391 e. The van der Waals surface area contributed by atoms with Crippen molar-refractivity contribution < 1.29 is 5.11 Å². The lowest BCUT2D eigenvalue weighted by molar-refractivity contribution is 0.0776. The maximum atomic E-state index is 9.97. The van der Waals surface area contributed by atoms with Crippen LogP contribution in [0.25, 0.3) is 0 Å². The number of aliphatic hydroxyl groups excluding tert-OH is 1. The van der Waals surface area contributed by atoms with Gasteiger partial charge in [0.2, 0.25) is 0 Å². The Morgan fingerprint density at radius 1 is 1.25 bits per heavy atom. The highest BCUT2D eigenvalue weighted by atomic mass is 32.2. The molecule has 0 aromatic rings. The van der Waals surface area contributed by atoms with Crippen molar-refractivity contribution in [2.24, 2.45) is 5.41 Å². The van der Waals surface area contributed by atoms with Crippen molar-refractivity contribution in [3.63, 3.8) is 0 Å². The lowest BCUT2D eigenvalue weighted by Gasteiger charge is -2.34. The van der Waals surface area contributed by atoms with Gasteiger partial charge in [0, 0.05) is 0 Å². The average molecular weight is 206 g/mol. The van der Waals surface area contributed by atoms with E-state index in [-0.39, 0.29) is 11.5 Å². The zero-order valence-electron chi connectivity index (χ0n) is 8.04. The van der Waals surface area contributed by atoms with Crippen molar-refractivity contribution in [2.75, 3.05) is 11.5 Å². The van der Waals surface area contributed by atoms with Gasteiger partial charge in [-0.15, -0.1) is 23.5 Å². The van der Waals surface area contributed by atoms with Crippen molar-refractivity contribution in [1.29, 1.82) is 0 Å². The predicted molar refractivity (Wildman–Crippen MR) is 58.8 cm³/mol. The summed E-state index contributed by atoms with van der Waals surface area (Å²) in [6, 6.07) is 0.